The van der Waals surface area contributed by atoms with Crippen LogP contribution in [0.2, 0.25) is 0 Å². The van der Waals surface area contributed by atoms with E-state index in [1.165, 1.54) is 0 Å². The fraction of sp³-hybridized carbons (Fsp3) is 0.545. The van der Waals surface area contributed by atoms with Crippen molar-refractivity contribution in [2.45, 2.75) is 58.9 Å². The highest BCUT2D eigenvalue weighted by atomic mass is 16.2. The quantitative estimate of drug-likeness (QED) is 0.668. The second-order valence-corrected chi connectivity index (χ2v) is 7.95. The Labute approximate surface area is 172 Å². The second kappa shape index (κ2) is 9.67. The smallest absolute Gasteiger partial charge is 0.272 e. The fourth-order valence-electron chi connectivity index (χ4n) is 4.22. The molecule has 2 heterocycles. The largest absolute Gasteiger partial charge is 0.356 e. The summed E-state index contributed by atoms with van der Waals surface area (Å²) in [6.45, 7) is 6.26. The van der Waals surface area contributed by atoms with Crippen molar-refractivity contribution in [2.24, 2.45) is 11.8 Å². The van der Waals surface area contributed by atoms with E-state index < -0.39 is 0 Å². The van der Waals surface area contributed by atoms with Crippen molar-refractivity contribution in [3.63, 3.8) is 0 Å². The summed E-state index contributed by atoms with van der Waals surface area (Å²) in [7, 11) is 0. The van der Waals surface area contributed by atoms with Gasteiger partial charge in [-0.1, -0.05) is 13.0 Å². The Kier molecular flexibility index (Phi) is 7.01. The number of carbonyl (C=O) groups is 2. The first-order valence-electron chi connectivity index (χ1n) is 10.5. The predicted molar refractivity (Wildman–Crippen MR) is 111 cm³/mol. The number of hydrogen-bond acceptors (Lipinski definition) is 4. The van der Waals surface area contributed by atoms with E-state index in [2.05, 4.69) is 25.8 Å². The summed E-state index contributed by atoms with van der Waals surface area (Å²) in [4.78, 5) is 28.7. The maximum atomic E-state index is 13.0. The van der Waals surface area contributed by atoms with Gasteiger partial charge in [0.25, 0.3) is 5.91 Å². The van der Waals surface area contributed by atoms with E-state index in [0.29, 0.717) is 17.5 Å². The lowest BCUT2D eigenvalue weighted by atomic mass is 9.77. The summed E-state index contributed by atoms with van der Waals surface area (Å²) in [6, 6.07) is 5.67. The zero-order valence-corrected chi connectivity index (χ0v) is 17.5. The molecule has 29 heavy (non-hydrogen) atoms. The minimum atomic E-state index is -0.158. The monoisotopic (exact) mass is 397 g/mol. The number of nitrogens with zero attached hydrogens (tertiary/aromatic N) is 2. The zero-order valence-electron chi connectivity index (χ0n) is 17.5. The van der Waals surface area contributed by atoms with E-state index >= 15 is 0 Å². The summed E-state index contributed by atoms with van der Waals surface area (Å²) in [5.74, 6) is 0.671. The van der Waals surface area contributed by atoms with Gasteiger partial charge in [0.1, 0.15) is 0 Å². The molecule has 0 spiro atoms. The van der Waals surface area contributed by atoms with Gasteiger partial charge in [-0.25, -0.2) is 0 Å². The van der Waals surface area contributed by atoms with Crippen LogP contribution in [-0.2, 0) is 11.2 Å². The molecule has 0 bridgehead atoms. The van der Waals surface area contributed by atoms with Gasteiger partial charge in [-0.15, -0.1) is 0 Å². The van der Waals surface area contributed by atoms with Gasteiger partial charge in [0.2, 0.25) is 5.91 Å². The SMILES string of the molecule is CCc1[nH]nc(C(=O)NC(c2ccccn2)C2CCC(CNC(C)=O)CC2)c1C. The lowest BCUT2D eigenvalue weighted by molar-refractivity contribution is -0.119. The van der Waals surface area contributed by atoms with Gasteiger partial charge in [0.05, 0.1) is 11.7 Å². The summed E-state index contributed by atoms with van der Waals surface area (Å²) in [5, 5.41) is 13.3. The van der Waals surface area contributed by atoms with Crippen molar-refractivity contribution in [3.05, 3.63) is 47.0 Å². The number of aromatic nitrogens is 3. The van der Waals surface area contributed by atoms with E-state index in [4.69, 9.17) is 0 Å². The third kappa shape index (κ3) is 5.22. The van der Waals surface area contributed by atoms with Crippen LogP contribution in [0.3, 0.4) is 0 Å². The summed E-state index contributed by atoms with van der Waals surface area (Å²) in [6.07, 6.45) is 6.63. The van der Waals surface area contributed by atoms with Crippen molar-refractivity contribution in [2.75, 3.05) is 6.54 Å². The van der Waals surface area contributed by atoms with Gasteiger partial charge in [-0.05, 0) is 63.0 Å². The van der Waals surface area contributed by atoms with Gasteiger partial charge in [-0.3, -0.25) is 19.7 Å². The molecule has 3 rings (SSSR count). The van der Waals surface area contributed by atoms with Gasteiger partial charge < -0.3 is 10.6 Å². The number of nitrogens with one attached hydrogen (secondary N) is 3. The van der Waals surface area contributed by atoms with Crippen LogP contribution in [0, 0.1) is 18.8 Å². The molecular formula is C22H31N5O2. The average molecular weight is 398 g/mol. The highest BCUT2D eigenvalue weighted by Gasteiger charge is 2.31. The first-order valence-corrected chi connectivity index (χ1v) is 10.5. The van der Waals surface area contributed by atoms with Crippen LogP contribution in [0.5, 0.6) is 0 Å². The molecule has 3 N–H and O–H groups in total. The lowest BCUT2D eigenvalue weighted by Crippen LogP contribution is -2.37. The molecule has 156 valence electrons. The molecule has 7 heteroatoms. The van der Waals surface area contributed by atoms with Crippen LogP contribution < -0.4 is 10.6 Å². The molecule has 2 aromatic rings. The molecule has 2 aromatic heterocycles. The van der Waals surface area contributed by atoms with Gasteiger partial charge in [0, 0.05) is 30.9 Å². The Bertz CT molecular complexity index is 825. The summed E-state index contributed by atoms with van der Waals surface area (Å²) in [5.41, 5.74) is 3.24. The average Bonchev–Trinajstić information content (AvgIpc) is 3.12. The molecular weight excluding hydrogens is 366 g/mol. The van der Waals surface area contributed by atoms with Gasteiger partial charge in [0.15, 0.2) is 5.69 Å². The zero-order chi connectivity index (χ0) is 20.8. The molecule has 1 fully saturated rings. The first-order chi connectivity index (χ1) is 14.0. The standard InChI is InChI=1S/C22H31N5O2/c1-4-18-14(2)20(27-26-18)22(29)25-21(19-7-5-6-12-23-19)17-10-8-16(9-11-17)13-24-15(3)28/h5-7,12,16-17,21H,4,8-11,13H2,1-3H3,(H,24,28)(H,25,29)(H,26,27). The Morgan fingerprint density at radius 1 is 1.24 bits per heavy atom. The molecule has 2 amide bonds. The number of rotatable bonds is 7. The Balaban J connectivity index is 1.72. The summed E-state index contributed by atoms with van der Waals surface area (Å²) < 4.78 is 0. The summed E-state index contributed by atoms with van der Waals surface area (Å²) >= 11 is 0. The Morgan fingerprint density at radius 2 is 2.00 bits per heavy atom. The van der Waals surface area contributed by atoms with Crippen LogP contribution in [0.1, 0.15) is 73.0 Å². The molecule has 1 unspecified atom stereocenters. The maximum Gasteiger partial charge on any atom is 0.272 e. The number of aryl methyl sites for hydroxylation is 1. The number of hydrogen-bond donors (Lipinski definition) is 3. The number of carbonyl (C=O) groups excluding carboxylic acids is 2. The molecule has 1 saturated carbocycles. The van der Waals surface area contributed by atoms with Crippen molar-refractivity contribution < 1.29 is 9.59 Å². The molecule has 7 nitrogen and oxygen atoms in total. The number of pyridine rings is 1. The van der Waals surface area contributed by atoms with Gasteiger partial charge >= 0.3 is 0 Å². The predicted octanol–water partition coefficient (Wildman–Crippen LogP) is 3.09. The third-order valence-electron chi connectivity index (χ3n) is 5.97. The normalized spacial score (nSPS) is 20.1. The molecule has 0 aromatic carbocycles. The van der Waals surface area contributed by atoms with E-state index in [-0.39, 0.29) is 17.9 Å². The fourth-order valence-corrected chi connectivity index (χ4v) is 4.22. The van der Waals surface area contributed by atoms with E-state index in [1.807, 2.05) is 32.0 Å². The molecule has 0 radical (unpaired) electrons. The molecule has 0 aliphatic heterocycles. The third-order valence-corrected chi connectivity index (χ3v) is 5.97. The van der Waals surface area contributed by atoms with Crippen LogP contribution in [0.4, 0.5) is 0 Å². The molecule has 1 aliphatic carbocycles. The van der Waals surface area contributed by atoms with Crippen LogP contribution in [-0.4, -0.2) is 33.5 Å². The van der Waals surface area contributed by atoms with Crippen molar-refractivity contribution in [1.82, 2.24) is 25.8 Å². The van der Waals surface area contributed by atoms with Crippen molar-refractivity contribution >= 4 is 11.8 Å². The Morgan fingerprint density at radius 3 is 2.59 bits per heavy atom. The van der Waals surface area contributed by atoms with Crippen LogP contribution in [0.25, 0.3) is 0 Å². The van der Waals surface area contributed by atoms with E-state index in [1.54, 1.807) is 13.1 Å². The number of H-pyrrole nitrogens is 1. The van der Waals surface area contributed by atoms with Crippen molar-refractivity contribution in [1.29, 1.82) is 0 Å². The lowest BCUT2D eigenvalue weighted by Gasteiger charge is -2.34. The van der Waals surface area contributed by atoms with E-state index in [9.17, 15) is 9.59 Å². The second-order valence-electron chi connectivity index (χ2n) is 7.95. The molecule has 0 saturated heterocycles. The van der Waals surface area contributed by atoms with Crippen LogP contribution >= 0.6 is 0 Å². The highest BCUT2D eigenvalue weighted by Crippen LogP contribution is 2.36. The van der Waals surface area contributed by atoms with E-state index in [0.717, 1.165) is 55.6 Å². The Hall–Kier alpha value is -2.70. The first kappa shape index (κ1) is 21.0. The number of aromatic amines is 1. The maximum absolute atomic E-state index is 13.0. The molecule has 1 atom stereocenters. The topological polar surface area (TPSA) is 99.8 Å². The molecule has 1 aliphatic rings. The highest BCUT2D eigenvalue weighted by molar-refractivity contribution is 5.94. The van der Waals surface area contributed by atoms with Gasteiger partial charge in [-0.2, -0.15) is 5.10 Å². The number of amides is 2. The van der Waals surface area contributed by atoms with Crippen molar-refractivity contribution in [3.8, 4) is 0 Å². The van der Waals surface area contributed by atoms with Crippen LogP contribution in [0.15, 0.2) is 24.4 Å². The minimum Gasteiger partial charge on any atom is -0.356 e. The minimum absolute atomic E-state index is 0.0200.